The largest absolute Gasteiger partial charge is 0.341 e. The topological polar surface area (TPSA) is 99.3 Å². The van der Waals surface area contributed by atoms with Crippen molar-refractivity contribution in [2.45, 2.75) is 6.92 Å². The Morgan fingerprint density at radius 2 is 1.38 bits per heavy atom. The molecule has 0 bridgehead atoms. The highest BCUT2D eigenvalue weighted by Crippen LogP contribution is 2.17. The monoisotopic (exact) mass is 326 g/mol. The molecule has 0 fully saturated rings. The molecule has 0 aliphatic carbocycles. The highest BCUT2D eigenvalue weighted by atomic mass is 16.2. The lowest BCUT2D eigenvalue weighted by atomic mass is 10.1. The van der Waals surface area contributed by atoms with E-state index in [1.54, 1.807) is 48.5 Å². The van der Waals surface area contributed by atoms with Crippen LogP contribution in [0.5, 0.6) is 0 Å². The highest BCUT2D eigenvalue weighted by molar-refractivity contribution is 6.05. The molecule has 0 aliphatic rings. The molecule has 0 saturated carbocycles. The number of carbonyl (C=O) groups is 3. The van der Waals surface area contributed by atoms with E-state index in [0.29, 0.717) is 22.6 Å². The van der Waals surface area contributed by atoms with Crippen molar-refractivity contribution in [1.29, 1.82) is 0 Å². The number of amides is 4. The standard InChI is InChI=1S/C17H18N4O3/c1-11(22)19-13-6-3-5-12(9-13)16(23)20-14-7-4-8-15(10-14)21-17(24)18-2/h3-10H,1-2H3,(H,19,22)(H,20,23)(H2,18,21,24). The van der Waals surface area contributed by atoms with Crippen LogP contribution in [0.3, 0.4) is 0 Å². The number of hydrogen-bond donors (Lipinski definition) is 4. The second kappa shape index (κ2) is 7.77. The predicted molar refractivity (Wildman–Crippen MR) is 93.2 cm³/mol. The first-order valence-corrected chi connectivity index (χ1v) is 7.26. The first-order chi connectivity index (χ1) is 11.5. The van der Waals surface area contributed by atoms with E-state index in [1.807, 2.05) is 0 Å². The van der Waals surface area contributed by atoms with Gasteiger partial charge in [0.05, 0.1) is 0 Å². The number of nitrogens with one attached hydrogen (secondary N) is 4. The molecule has 0 aromatic heterocycles. The molecule has 4 amide bonds. The lowest BCUT2D eigenvalue weighted by Crippen LogP contribution is -2.24. The number of hydrogen-bond acceptors (Lipinski definition) is 3. The summed E-state index contributed by atoms with van der Waals surface area (Å²) in [6.45, 7) is 1.40. The van der Waals surface area contributed by atoms with Crippen LogP contribution in [0.1, 0.15) is 17.3 Å². The van der Waals surface area contributed by atoms with E-state index in [2.05, 4.69) is 21.3 Å². The van der Waals surface area contributed by atoms with Gasteiger partial charge in [0.15, 0.2) is 0 Å². The molecule has 2 rings (SSSR count). The van der Waals surface area contributed by atoms with Gasteiger partial charge in [0.2, 0.25) is 5.91 Å². The van der Waals surface area contributed by atoms with Gasteiger partial charge in [-0.2, -0.15) is 0 Å². The normalized spacial score (nSPS) is 9.75. The van der Waals surface area contributed by atoms with Crippen LogP contribution in [0.4, 0.5) is 21.9 Å². The summed E-state index contributed by atoms with van der Waals surface area (Å²) in [6, 6.07) is 13.1. The molecule has 0 saturated heterocycles. The third-order valence-corrected chi connectivity index (χ3v) is 3.05. The third kappa shape index (κ3) is 4.84. The molecular formula is C17H18N4O3. The average molecular weight is 326 g/mol. The lowest BCUT2D eigenvalue weighted by Gasteiger charge is -2.09. The maximum atomic E-state index is 12.3. The Morgan fingerprint density at radius 1 is 0.792 bits per heavy atom. The van der Waals surface area contributed by atoms with Gasteiger partial charge in [-0.1, -0.05) is 12.1 Å². The van der Waals surface area contributed by atoms with Crippen molar-refractivity contribution in [1.82, 2.24) is 5.32 Å². The van der Waals surface area contributed by atoms with Gasteiger partial charge in [0.25, 0.3) is 5.91 Å². The molecule has 0 heterocycles. The molecule has 4 N–H and O–H groups in total. The van der Waals surface area contributed by atoms with Gasteiger partial charge >= 0.3 is 6.03 Å². The highest BCUT2D eigenvalue weighted by Gasteiger charge is 2.08. The van der Waals surface area contributed by atoms with Crippen molar-refractivity contribution in [3.05, 3.63) is 54.1 Å². The Bertz CT molecular complexity index is 774. The Labute approximate surface area is 139 Å². The molecule has 0 spiro atoms. The molecule has 24 heavy (non-hydrogen) atoms. The van der Waals surface area contributed by atoms with Crippen LogP contribution in [0.15, 0.2) is 48.5 Å². The Kier molecular flexibility index (Phi) is 5.51. The van der Waals surface area contributed by atoms with Gasteiger partial charge in [-0.15, -0.1) is 0 Å². The van der Waals surface area contributed by atoms with Crippen LogP contribution in [-0.2, 0) is 4.79 Å². The molecular weight excluding hydrogens is 308 g/mol. The molecule has 7 nitrogen and oxygen atoms in total. The van der Waals surface area contributed by atoms with Crippen LogP contribution < -0.4 is 21.3 Å². The molecule has 0 radical (unpaired) electrons. The van der Waals surface area contributed by atoms with Gasteiger partial charge in [-0.25, -0.2) is 4.79 Å². The van der Waals surface area contributed by atoms with Crippen molar-refractivity contribution >= 4 is 34.9 Å². The summed E-state index contributed by atoms with van der Waals surface area (Å²) in [5, 5.41) is 10.5. The molecule has 124 valence electrons. The van der Waals surface area contributed by atoms with E-state index in [-0.39, 0.29) is 17.8 Å². The average Bonchev–Trinajstić information content (AvgIpc) is 2.54. The summed E-state index contributed by atoms with van der Waals surface area (Å²) in [5.41, 5.74) is 2.05. The summed E-state index contributed by atoms with van der Waals surface area (Å²) in [6.07, 6.45) is 0. The maximum absolute atomic E-state index is 12.3. The van der Waals surface area contributed by atoms with Crippen molar-refractivity contribution in [2.24, 2.45) is 0 Å². The number of anilines is 3. The van der Waals surface area contributed by atoms with E-state index in [0.717, 1.165) is 0 Å². The van der Waals surface area contributed by atoms with Crippen LogP contribution in [0, 0.1) is 0 Å². The summed E-state index contributed by atoms with van der Waals surface area (Å²) >= 11 is 0. The molecule has 2 aromatic carbocycles. The van der Waals surface area contributed by atoms with Crippen LogP contribution in [-0.4, -0.2) is 24.9 Å². The Hall–Kier alpha value is -3.35. The third-order valence-electron chi connectivity index (χ3n) is 3.05. The van der Waals surface area contributed by atoms with Gasteiger partial charge < -0.3 is 21.3 Å². The van der Waals surface area contributed by atoms with Crippen molar-refractivity contribution in [2.75, 3.05) is 23.0 Å². The van der Waals surface area contributed by atoms with Crippen molar-refractivity contribution in [3.8, 4) is 0 Å². The zero-order valence-corrected chi connectivity index (χ0v) is 13.3. The fraction of sp³-hybridized carbons (Fsp3) is 0.118. The molecule has 7 heteroatoms. The number of carbonyl (C=O) groups excluding carboxylic acids is 3. The first-order valence-electron chi connectivity index (χ1n) is 7.26. The summed E-state index contributed by atoms with van der Waals surface area (Å²) in [4.78, 5) is 34.7. The zero-order valence-electron chi connectivity index (χ0n) is 13.3. The molecule has 0 atom stereocenters. The molecule has 0 unspecified atom stereocenters. The fourth-order valence-electron chi connectivity index (χ4n) is 2.01. The maximum Gasteiger partial charge on any atom is 0.318 e. The fourth-order valence-corrected chi connectivity index (χ4v) is 2.01. The van der Waals surface area contributed by atoms with E-state index in [1.165, 1.54) is 14.0 Å². The van der Waals surface area contributed by atoms with Crippen molar-refractivity contribution in [3.63, 3.8) is 0 Å². The number of benzene rings is 2. The van der Waals surface area contributed by atoms with Crippen LogP contribution in [0.2, 0.25) is 0 Å². The van der Waals surface area contributed by atoms with Crippen LogP contribution >= 0.6 is 0 Å². The van der Waals surface area contributed by atoms with Gasteiger partial charge in [-0.3, -0.25) is 9.59 Å². The first kappa shape index (κ1) is 17.0. The minimum atomic E-state index is -0.346. The van der Waals surface area contributed by atoms with E-state index in [4.69, 9.17) is 0 Å². The molecule has 2 aromatic rings. The van der Waals surface area contributed by atoms with Crippen molar-refractivity contribution < 1.29 is 14.4 Å². The van der Waals surface area contributed by atoms with Gasteiger partial charge in [0.1, 0.15) is 0 Å². The zero-order chi connectivity index (χ0) is 17.5. The van der Waals surface area contributed by atoms with E-state index in [9.17, 15) is 14.4 Å². The second-order valence-electron chi connectivity index (χ2n) is 5.00. The van der Waals surface area contributed by atoms with E-state index < -0.39 is 0 Å². The predicted octanol–water partition coefficient (Wildman–Crippen LogP) is 2.65. The Balaban J connectivity index is 2.10. The minimum Gasteiger partial charge on any atom is -0.341 e. The minimum absolute atomic E-state index is 0.208. The SMILES string of the molecule is CNC(=O)Nc1cccc(NC(=O)c2cccc(NC(C)=O)c2)c1. The number of rotatable bonds is 4. The summed E-state index contributed by atoms with van der Waals surface area (Å²) < 4.78 is 0. The summed E-state index contributed by atoms with van der Waals surface area (Å²) in [7, 11) is 1.52. The van der Waals surface area contributed by atoms with E-state index >= 15 is 0 Å². The summed E-state index contributed by atoms with van der Waals surface area (Å²) in [5.74, 6) is -0.528. The second-order valence-corrected chi connectivity index (χ2v) is 5.00. The molecule has 0 aliphatic heterocycles. The van der Waals surface area contributed by atoms with Gasteiger partial charge in [0, 0.05) is 36.6 Å². The van der Waals surface area contributed by atoms with Gasteiger partial charge in [-0.05, 0) is 36.4 Å². The van der Waals surface area contributed by atoms with Crippen LogP contribution in [0.25, 0.3) is 0 Å². The smallest absolute Gasteiger partial charge is 0.318 e. The quantitative estimate of drug-likeness (QED) is 0.695. The Morgan fingerprint density at radius 3 is 2.00 bits per heavy atom. The number of urea groups is 1. The lowest BCUT2D eigenvalue weighted by molar-refractivity contribution is -0.114.